The average Bonchev–Trinajstić information content (AvgIpc) is 2.39. The highest BCUT2D eigenvalue weighted by Crippen LogP contribution is 1.84. The Balaban J connectivity index is -0.000000111. The number of hydrogen-bond donors (Lipinski definition) is 7. The molecule has 0 aliphatic carbocycles. The maximum absolute atomic E-state index is 9.60. The lowest BCUT2D eigenvalue weighted by atomic mass is 10.3. The molecule has 3 unspecified atom stereocenters. The Labute approximate surface area is 144 Å². The summed E-state index contributed by atoms with van der Waals surface area (Å²) in [4.78, 5) is 9.60. The van der Waals surface area contributed by atoms with E-state index in [-0.39, 0.29) is 43.7 Å². The van der Waals surface area contributed by atoms with Gasteiger partial charge in [-0.25, -0.2) is 4.79 Å². The van der Waals surface area contributed by atoms with Gasteiger partial charge in [-0.1, -0.05) is 6.58 Å². The van der Waals surface area contributed by atoms with E-state index >= 15 is 0 Å². The summed E-state index contributed by atoms with van der Waals surface area (Å²) in [7, 11) is 0. The van der Waals surface area contributed by atoms with Crippen LogP contribution < -0.4 is 0 Å². The maximum atomic E-state index is 9.60. The molecule has 148 valence electrons. The summed E-state index contributed by atoms with van der Waals surface area (Å²) in [6.07, 6.45) is 0.403. The topological polar surface area (TPSA) is 159 Å². The highest BCUT2D eigenvalue weighted by Gasteiger charge is 1.90. The Morgan fingerprint density at radius 2 is 0.958 bits per heavy atom. The lowest BCUT2D eigenvalue weighted by Gasteiger charge is -1.95. The SMILES string of the molecule is C=C(C)C(=O)O.CC(O)CCO.CC(O)CCO.CC(O)CCO. The van der Waals surface area contributed by atoms with Crippen LogP contribution in [0, 0.1) is 0 Å². The Morgan fingerprint density at radius 1 is 0.792 bits per heavy atom. The molecule has 3 atom stereocenters. The lowest BCUT2D eigenvalue weighted by molar-refractivity contribution is -0.132. The molecule has 0 rings (SSSR count). The summed E-state index contributed by atoms with van der Waals surface area (Å²) in [5.41, 5.74) is 0.176. The van der Waals surface area contributed by atoms with E-state index in [1.807, 2.05) is 0 Å². The average molecular weight is 356 g/mol. The Kier molecular flexibility index (Phi) is 31.1. The molecule has 0 saturated carbocycles. The van der Waals surface area contributed by atoms with Crippen molar-refractivity contribution in [2.75, 3.05) is 19.8 Å². The van der Waals surface area contributed by atoms with Gasteiger partial charge in [-0.05, 0) is 47.0 Å². The minimum absolute atomic E-state index is 0.0810. The van der Waals surface area contributed by atoms with Crippen LogP contribution in [0.2, 0.25) is 0 Å². The van der Waals surface area contributed by atoms with Crippen molar-refractivity contribution in [2.45, 2.75) is 65.3 Å². The number of carboxylic acids is 1. The fourth-order valence-corrected chi connectivity index (χ4v) is 0.561. The predicted octanol–water partition coefficient (Wildman–Crippen LogP) is -0.104. The highest BCUT2D eigenvalue weighted by atomic mass is 16.4. The number of aliphatic hydroxyl groups excluding tert-OH is 6. The third-order valence-corrected chi connectivity index (χ3v) is 2.01. The summed E-state index contributed by atoms with van der Waals surface area (Å²) in [5.74, 6) is -0.935. The fraction of sp³-hybridized carbons (Fsp3) is 0.812. The molecule has 0 aromatic heterocycles. The Hall–Kier alpha value is -1.03. The Morgan fingerprint density at radius 3 is 0.958 bits per heavy atom. The summed E-state index contributed by atoms with van der Waals surface area (Å²) in [5, 5.41) is 57.3. The van der Waals surface area contributed by atoms with Gasteiger partial charge in [-0.15, -0.1) is 0 Å². The van der Waals surface area contributed by atoms with Gasteiger partial charge in [0.1, 0.15) is 0 Å². The van der Waals surface area contributed by atoms with Gasteiger partial charge in [0, 0.05) is 25.4 Å². The van der Waals surface area contributed by atoms with Crippen LogP contribution in [0.3, 0.4) is 0 Å². The minimum Gasteiger partial charge on any atom is -0.478 e. The van der Waals surface area contributed by atoms with Gasteiger partial charge in [0.2, 0.25) is 0 Å². The molecule has 0 amide bonds. The molecule has 0 aromatic carbocycles. The van der Waals surface area contributed by atoms with E-state index < -0.39 is 5.97 Å². The van der Waals surface area contributed by atoms with E-state index in [1.165, 1.54) is 6.92 Å². The maximum Gasteiger partial charge on any atom is 0.330 e. The molecule has 0 radical (unpaired) electrons. The summed E-state index contributed by atoms with van der Waals surface area (Å²) >= 11 is 0. The van der Waals surface area contributed by atoms with E-state index in [9.17, 15) is 4.79 Å². The lowest BCUT2D eigenvalue weighted by Crippen LogP contribution is -2.00. The van der Waals surface area contributed by atoms with Gasteiger partial charge in [0.05, 0.1) is 18.3 Å². The van der Waals surface area contributed by atoms with Crippen LogP contribution in [0.1, 0.15) is 47.0 Å². The number of hydrogen-bond acceptors (Lipinski definition) is 7. The zero-order valence-electron chi connectivity index (χ0n) is 15.2. The monoisotopic (exact) mass is 356 g/mol. The van der Waals surface area contributed by atoms with E-state index in [2.05, 4.69) is 6.58 Å². The van der Waals surface area contributed by atoms with Crippen molar-refractivity contribution < 1.29 is 40.5 Å². The number of carbonyl (C=O) groups is 1. The number of carboxylic acid groups (broad SMARTS) is 1. The molecule has 24 heavy (non-hydrogen) atoms. The number of rotatable bonds is 7. The van der Waals surface area contributed by atoms with Gasteiger partial charge >= 0.3 is 5.97 Å². The molecule has 0 saturated heterocycles. The second-order valence-corrected chi connectivity index (χ2v) is 5.17. The van der Waals surface area contributed by atoms with Crippen molar-refractivity contribution in [3.63, 3.8) is 0 Å². The largest absolute Gasteiger partial charge is 0.478 e. The molecule has 0 aliphatic rings. The van der Waals surface area contributed by atoms with E-state index in [4.69, 9.17) is 35.7 Å². The first-order valence-electron chi connectivity index (χ1n) is 7.71. The van der Waals surface area contributed by atoms with E-state index in [1.54, 1.807) is 20.8 Å². The van der Waals surface area contributed by atoms with Gasteiger partial charge in [-0.3, -0.25) is 0 Å². The van der Waals surface area contributed by atoms with Crippen LogP contribution in [0.15, 0.2) is 12.2 Å². The first-order valence-corrected chi connectivity index (χ1v) is 7.71. The molecular weight excluding hydrogens is 320 g/mol. The summed E-state index contributed by atoms with van der Waals surface area (Å²) < 4.78 is 0. The van der Waals surface area contributed by atoms with Crippen molar-refractivity contribution in [3.8, 4) is 0 Å². The molecule has 0 heterocycles. The zero-order valence-corrected chi connectivity index (χ0v) is 15.2. The normalized spacial score (nSPS) is 12.8. The first kappa shape index (κ1) is 30.8. The molecule has 8 heteroatoms. The minimum atomic E-state index is -0.935. The van der Waals surface area contributed by atoms with Crippen molar-refractivity contribution in [2.24, 2.45) is 0 Å². The van der Waals surface area contributed by atoms with Crippen molar-refractivity contribution in [3.05, 3.63) is 12.2 Å². The van der Waals surface area contributed by atoms with Crippen molar-refractivity contribution in [1.29, 1.82) is 0 Å². The predicted molar refractivity (Wildman–Crippen MR) is 92.6 cm³/mol. The fourth-order valence-electron chi connectivity index (χ4n) is 0.561. The van der Waals surface area contributed by atoms with Crippen LogP contribution >= 0.6 is 0 Å². The number of aliphatic hydroxyl groups is 6. The molecule has 0 bridgehead atoms. The standard InChI is InChI=1S/3C4H10O2.C4H6O2/c3*1-4(6)2-3-5;1-3(2)4(5)6/h3*4-6H,2-3H2,1H3;1H2,2H3,(H,5,6). The highest BCUT2D eigenvalue weighted by molar-refractivity contribution is 5.84. The van der Waals surface area contributed by atoms with Crippen LogP contribution in [-0.2, 0) is 4.79 Å². The molecule has 0 spiro atoms. The van der Waals surface area contributed by atoms with Crippen LogP contribution in [-0.4, -0.2) is 79.8 Å². The number of aliphatic carboxylic acids is 1. The van der Waals surface area contributed by atoms with Crippen LogP contribution in [0.25, 0.3) is 0 Å². The smallest absolute Gasteiger partial charge is 0.330 e. The molecule has 0 aromatic rings. The van der Waals surface area contributed by atoms with Crippen molar-refractivity contribution in [1.82, 2.24) is 0 Å². The van der Waals surface area contributed by atoms with Gasteiger partial charge < -0.3 is 35.7 Å². The third kappa shape index (κ3) is 58.4. The second-order valence-electron chi connectivity index (χ2n) is 5.17. The molecule has 0 fully saturated rings. The van der Waals surface area contributed by atoms with Crippen molar-refractivity contribution >= 4 is 5.97 Å². The van der Waals surface area contributed by atoms with Gasteiger partial charge in [-0.2, -0.15) is 0 Å². The summed E-state index contributed by atoms with van der Waals surface area (Å²) in [6.45, 7) is 9.79. The molecule has 8 nitrogen and oxygen atoms in total. The third-order valence-electron chi connectivity index (χ3n) is 2.01. The molecular formula is C16H36O8. The van der Waals surface area contributed by atoms with E-state index in [0.717, 1.165) is 0 Å². The summed E-state index contributed by atoms with van der Waals surface area (Å²) in [6, 6.07) is 0. The molecule has 0 aliphatic heterocycles. The second kappa shape index (κ2) is 24.2. The van der Waals surface area contributed by atoms with E-state index in [0.29, 0.717) is 19.3 Å². The van der Waals surface area contributed by atoms with Gasteiger partial charge in [0.25, 0.3) is 0 Å². The van der Waals surface area contributed by atoms with Crippen LogP contribution in [0.4, 0.5) is 0 Å². The van der Waals surface area contributed by atoms with Gasteiger partial charge in [0.15, 0.2) is 0 Å². The molecule has 7 N–H and O–H groups in total. The van der Waals surface area contributed by atoms with Crippen LogP contribution in [0.5, 0.6) is 0 Å². The quantitative estimate of drug-likeness (QED) is 0.311. The zero-order chi connectivity index (χ0) is 20.1. The first-order chi connectivity index (χ1) is 11.0. The Bertz CT molecular complexity index is 229.